The number of benzene rings is 1. The van der Waals surface area contributed by atoms with Gasteiger partial charge in [-0.25, -0.2) is 0 Å². The number of hydrogen-bond donors (Lipinski definition) is 3. The topological polar surface area (TPSA) is 93.0 Å². The Morgan fingerprint density at radius 3 is 3.06 bits per heavy atom. The van der Waals surface area contributed by atoms with Crippen molar-refractivity contribution in [2.75, 3.05) is 18.5 Å². The van der Waals surface area contributed by atoms with Gasteiger partial charge in [0.2, 0.25) is 0 Å². The van der Waals surface area contributed by atoms with E-state index in [9.17, 15) is 4.79 Å². The van der Waals surface area contributed by atoms with Crippen molar-refractivity contribution in [1.82, 2.24) is 10.2 Å². The van der Waals surface area contributed by atoms with E-state index in [0.29, 0.717) is 30.3 Å². The van der Waals surface area contributed by atoms with Gasteiger partial charge in [-0.15, -0.1) is 0 Å². The molecule has 0 saturated carbocycles. The van der Waals surface area contributed by atoms with Crippen molar-refractivity contribution in [3.63, 3.8) is 0 Å². The SMILES string of the molecule is NCCOc1cccc(NC(=O)c2ccn[nH]2)c1. The van der Waals surface area contributed by atoms with Crippen LogP contribution in [0.15, 0.2) is 36.5 Å². The lowest BCUT2D eigenvalue weighted by Gasteiger charge is -2.07. The van der Waals surface area contributed by atoms with Crippen LogP contribution in [0.5, 0.6) is 5.75 Å². The standard InChI is InChI=1S/C12H14N4O2/c13-5-7-18-10-3-1-2-9(8-10)15-12(17)11-4-6-14-16-11/h1-4,6,8H,5,7,13H2,(H,14,16)(H,15,17). The minimum absolute atomic E-state index is 0.247. The minimum atomic E-state index is -0.247. The quantitative estimate of drug-likeness (QED) is 0.733. The molecule has 4 N–H and O–H groups in total. The molecule has 0 unspecified atom stereocenters. The fourth-order valence-corrected chi connectivity index (χ4v) is 1.42. The third-order valence-electron chi connectivity index (χ3n) is 2.22. The van der Waals surface area contributed by atoms with Crippen LogP contribution >= 0.6 is 0 Å². The Kier molecular flexibility index (Phi) is 3.93. The average Bonchev–Trinajstić information content (AvgIpc) is 2.91. The minimum Gasteiger partial charge on any atom is -0.492 e. The van der Waals surface area contributed by atoms with E-state index in [2.05, 4.69) is 15.5 Å². The summed E-state index contributed by atoms with van der Waals surface area (Å²) in [5.41, 5.74) is 6.42. The lowest BCUT2D eigenvalue weighted by atomic mass is 10.3. The summed E-state index contributed by atoms with van der Waals surface area (Å²) in [6.45, 7) is 0.892. The summed E-state index contributed by atoms with van der Waals surface area (Å²) in [5.74, 6) is 0.423. The van der Waals surface area contributed by atoms with E-state index in [4.69, 9.17) is 10.5 Å². The summed E-state index contributed by atoms with van der Waals surface area (Å²) in [4.78, 5) is 11.8. The normalized spacial score (nSPS) is 10.1. The van der Waals surface area contributed by atoms with Gasteiger partial charge in [-0.1, -0.05) is 6.07 Å². The Morgan fingerprint density at radius 2 is 2.33 bits per heavy atom. The van der Waals surface area contributed by atoms with Gasteiger partial charge in [0, 0.05) is 24.5 Å². The Labute approximate surface area is 104 Å². The number of aromatic nitrogens is 2. The fraction of sp³-hybridized carbons (Fsp3) is 0.167. The van der Waals surface area contributed by atoms with Crippen LogP contribution in [0.25, 0.3) is 0 Å². The highest BCUT2D eigenvalue weighted by Crippen LogP contribution is 2.17. The van der Waals surface area contributed by atoms with Crippen LogP contribution in [0.2, 0.25) is 0 Å². The summed E-state index contributed by atoms with van der Waals surface area (Å²) in [5, 5.41) is 9.05. The number of aromatic amines is 1. The second-order valence-corrected chi connectivity index (χ2v) is 3.59. The lowest BCUT2D eigenvalue weighted by molar-refractivity contribution is 0.102. The first-order valence-corrected chi connectivity index (χ1v) is 5.53. The summed E-state index contributed by atoms with van der Waals surface area (Å²) in [6, 6.07) is 8.73. The highest BCUT2D eigenvalue weighted by atomic mass is 16.5. The summed E-state index contributed by atoms with van der Waals surface area (Å²) in [6.07, 6.45) is 1.52. The van der Waals surface area contributed by atoms with Gasteiger partial charge in [0.1, 0.15) is 18.1 Å². The summed E-state index contributed by atoms with van der Waals surface area (Å²) >= 11 is 0. The zero-order chi connectivity index (χ0) is 12.8. The van der Waals surface area contributed by atoms with E-state index < -0.39 is 0 Å². The predicted octanol–water partition coefficient (Wildman–Crippen LogP) is 0.999. The third-order valence-corrected chi connectivity index (χ3v) is 2.22. The number of anilines is 1. The van der Waals surface area contributed by atoms with Crippen LogP contribution in [0, 0.1) is 0 Å². The number of nitrogens with two attached hydrogens (primary N) is 1. The van der Waals surface area contributed by atoms with Crippen molar-refractivity contribution >= 4 is 11.6 Å². The molecule has 0 spiro atoms. The lowest BCUT2D eigenvalue weighted by Crippen LogP contribution is -2.13. The van der Waals surface area contributed by atoms with E-state index in [-0.39, 0.29) is 5.91 Å². The van der Waals surface area contributed by atoms with Gasteiger partial charge < -0.3 is 15.8 Å². The van der Waals surface area contributed by atoms with Crippen LogP contribution < -0.4 is 15.8 Å². The number of nitrogens with zero attached hydrogens (tertiary/aromatic N) is 1. The van der Waals surface area contributed by atoms with Gasteiger partial charge in [-0.2, -0.15) is 5.10 Å². The van der Waals surface area contributed by atoms with Gasteiger partial charge in [0.05, 0.1) is 0 Å². The number of hydrogen-bond acceptors (Lipinski definition) is 4. The number of carbonyl (C=O) groups is 1. The first-order valence-electron chi connectivity index (χ1n) is 5.53. The van der Waals surface area contributed by atoms with Crippen LogP contribution in [-0.2, 0) is 0 Å². The molecular formula is C12H14N4O2. The molecule has 0 radical (unpaired) electrons. The predicted molar refractivity (Wildman–Crippen MR) is 67.5 cm³/mol. The van der Waals surface area contributed by atoms with Crippen LogP contribution in [0.3, 0.4) is 0 Å². The molecular weight excluding hydrogens is 232 g/mol. The summed E-state index contributed by atoms with van der Waals surface area (Å²) < 4.78 is 5.37. The molecule has 2 rings (SSSR count). The molecule has 1 amide bonds. The smallest absolute Gasteiger partial charge is 0.273 e. The third kappa shape index (κ3) is 3.08. The van der Waals surface area contributed by atoms with E-state index in [1.54, 1.807) is 24.3 Å². The van der Waals surface area contributed by atoms with E-state index in [1.807, 2.05) is 6.07 Å². The number of amides is 1. The molecule has 0 aliphatic heterocycles. The van der Waals surface area contributed by atoms with Crippen molar-refractivity contribution in [2.45, 2.75) is 0 Å². The van der Waals surface area contributed by atoms with E-state index in [0.717, 1.165) is 0 Å². The molecule has 0 bridgehead atoms. The largest absolute Gasteiger partial charge is 0.492 e. The maximum Gasteiger partial charge on any atom is 0.273 e. The molecule has 94 valence electrons. The Balaban J connectivity index is 2.03. The van der Waals surface area contributed by atoms with Crippen molar-refractivity contribution in [3.8, 4) is 5.75 Å². The van der Waals surface area contributed by atoms with Crippen LogP contribution in [0.1, 0.15) is 10.5 Å². The Hall–Kier alpha value is -2.34. The zero-order valence-electron chi connectivity index (χ0n) is 9.72. The molecule has 0 saturated heterocycles. The van der Waals surface area contributed by atoms with E-state index in [1.165, 1.54) is 6.20 Å². The Morgan fingerprint density at radius 1 is 1.44 bits per heavy atom. The van der Waals surface area contributed by atoms with Crippen molar-refractivity contribution < 1.29 is 9.53 Å². The maximum absolute atomic E-state index is 11.8. The molecule has 1 aromatic heterocycles. The maximum atomic E-state index is 11.8. The zero-order valence-corrected chi connectivity index (χ0v) is 9.72. The van der Waals surface area contributed by atoms with Gasteiger partial charge in [-0.05, 0) is 18.2 Å². The molecule has 1 heterocycles. The van der Waals surface area contributed by atoms with E-state index >= 15 is 0 Å². The average molecular weight is 246 g/mol. The van der Waals surface area contributed by atoms with Gasteiger partial charge >= 0.3 is 0 Å². The number of rotatable bonds is 5. The molecule has 0 aliphatic rings. The Bertz CT molecular complexity index is 511. The molecule has 0 aliphatic carbocycles. The van der Waals surface area contributed by atoms with Crippen LogP contribution in [0.4, 0.5) is 5.69 Å². The molecule has 6 heteroatoms. The highest BCUT2D eigenvalue weighted by molar-refractivity contribution is 6.02. The van der Waals surface area contributed by atoms with Gasteiger partial charge in [0.25, 0.3) is 5.91 Å². The monoisotopic (exact) mass is 246 g/mol. The fourth-order valence-electron chi connectivity index (χ4n) is 1.42. The number of H-pyrrole nitrogens is 1. The number of nitrogens with one attached hydrogen (secondary N) is 2. The second kappa shape index (κ2) is 5.83. The molecule has 6 nitrogen and oxygen atoms in total. The first-order chi connectivity index (χ1) is 8.79. The second-order valence-electron chi connectivity index (χ2n) is 3.59. The van der Waals surface area contributed by atoms with Crippen molar-refractivity contribution in [1.29, 1.82) is 0 Å². The molecule has 18 heavy (non-hydrogen) atoms. The highest BCUT2D eigenvalue weighted by Gasteiger charge is 2.07. The van der Waals surface area contributed by atoms with Crippen LogP contribution in [-0.4, -0.2) is 29.3 Å². The van der Waals surface area contributed by atoms with Gasteiger partial charge in [0.15, 0.2) is 0 Å². The number of ether oxygens (including phenoxy) is 1. The molecule has 0 atom stereocenters. The molecule has 0 fully saturated rings. The molecule has 1 aromatic carbocycles. The van der Waals surface area contributed by atoms with Crippen molar-refractivity contribution in [2.24, 2.45) is 5.73 Å². The first kappa shape index (κ1) is 12.1. The number of carbonyl (C=O) groups excluding carboxylic acids is 1. The summed E-state index contributed by atoms with van der Waals surface area (Å²) in [7, 11) is 0. The van der Waals surface area contributed by atoms with Crippen molar-refractivity contribution in [3.05, 3.63) is 42.2 Å². The van der Waals surface area contributed by atoms with Gasteiger partial charge in [-0.3, -0.25) is 9.89 Å². The molecule has 2 aromatic rings.